The van der Waals surface area contributed by atoms with Gasteiger partial charge in [0.2, 0.25) is 0 Å². The van der Waals surface area contributed by atoms with Crippen LogP contribution in [0.3, 0.4) is 0 Å². The fourth-order valence-electron chi connectivity index (χ4n) is 2.13. The minimum atomic E-state index is 0. The molecule has 21 heavy (non-hydrogen) atoms. The van der Waals surface area contributed by atoms with Gasteiger partial charge in [-0.15, -0.1) is 0 Å². The Morgan fingerprint density at radius 1 is 0.619 bits per heavy atom. The summed E-state index contributed by atoms with van der Waals surface area (Å²) in [5.74, 6) is 1.98. The van der Waals surface area contributed by atoms with Crippen molar-refractivity contribution in [2.75, 3.05) is 13.2 Å². The second kappa shape index (κ2) is 7.60. The van der Waals surface area contributed by atoms with Gasteiger partial charge in [0.1, 0.15) is 24.7 Å². The highest BCUT2D eigenvalue weighted by Gasteiger charge is 2.01. The van der Waals surface area contributed by atoms with Crippen LogP contribution in [-0.2, 0) is 0 Å². The molecule has 0 radical (unpaired) electrons. The largest absolute Gasteiger partial charge is 0.489 e. The molecule has 0 saturated carbocycles. The Morgan fingerprint density at radius 2 is 1.05 bits per heavy atom. The molecular weight excluding hydrogens is 280 g/mol. The third-order valence-electron chi connectivity index (χ3n) is 3.10. The van der Waals surface area contributed by atoms with Gasteiger partial charge in [0.25, 0.3) is 0 Å². The molecule has 0 atom stereocenters. The highest BCUT2D eigenvalue weighted by Crippen LogP contribution is 2.22. The topological polar surface area (TPSA) is 18.5 Å². The summed E-state index contributed by atoms with van der Waals surface area (Å²) in [6.45, 7) is 1.41. The average molecular weight is 298 g/mol. The molecule has 4 rings (SSSR count). The van der Waals surface area contributed by atoms with Gasteiger partial charge in [0.15, 0.2) is 0 Å². The number of rotatable bonds is 0. The summed E-state index contributed by atoms with van der Waals surface area (Å²) in [6.07, 6.45) is 8.20. The molecule has 0 unspecified atom stereocenters. The Labute approximate surface area is 132 Å². The van der Waals surface area contributed by atoms with E-state index in [0.29, 0.717) is 13.2 Å². The van der Waals surface area contributed by atoms with Gasteiger partial charge in [-0.05, 0) is 24.3 Å². The third-order valence-corrected chi connectivity index (χ3v) is 3.10. The maximum atomic E-state index is 5.34. The van der Waals surface area contributed by atoms with E-state index < -0.39 is 0 Å². The first-order chi connectivity index (χ1) is 9.93. The van der Waals surface area contributed by atoms with Crippen LogP contribution in [0.2, 0.25) is 0 Å². The van der Waals surface area contributed by atoms with Crippen LogP contribution in [-0.4, -0.2) is 13.2 Å². The Kier molecular flexibility index (Phi) is 5.52. The van der Waals surface area contributed by atoms with Crippen molar-refractivity contribution in [3.8, 4) is 11.5 Å². The number of fused-ring (bicyclic) bond motifs is 2. The normalized spacial score (nSPS) is 13.3. The number of hydrogen-bond donors (Lipinski definition) is 0. The lowest BCUT2D eigenvalue weighted by Gasteiger charge is -2.10. The monoisotopic (exact) mass is 298 g/mol. The molecule has 0 N–H and O–H groups in total. The standard InChI is InChI=1S/2C9H8O.H2S/c2*1-2-6-9-8(4-1)5-3-7-10-9;/h2*1-6H,7H2;1H2. The molecule has 0 bridgehead atoms. The molecule has 0 amide bonds. The maximum Gasteiger partial charge on any atom is 0.126 e. The van der Waals surface area contributed by atoms with E-state index in [1.165, 1.54) is 11.1 Å². The fourth-order valence-corrected chi connectivity index (χ4v) is 2.13. The minimum Gasteiger partial charge on any atom is -0.489 e. The smallest absolute Gasteiger partial charge is 0.126 e. The van der Waals surface area contributed by atoms with E-state index in [-0.39, 0.29) is 13.5 Å². The summed E-state index contributed by atoms with van der Waals surface area (Å²) < 4.78 is 10.7. The quantitative estimate of drug-likeness (QED) is 0.722. The Bertz CT molecular complexity index is 590. The molecule has 2 aromatic rings. The molecule has 0 fully saturated rings. The van der Waals surface area contributed by atoms with Gasteiger partial charge in [0.05, 0.1) is 0 Å². The summed E-state index contributed by atoms with van der Waals surface area (Å²) in [5.41, 5.74) is 2.35. The van der Waals surface area contributed by atoms with Gasteiger partial charge in [0, 0.05) is 11.1 Å². The van der Waals surface area contributed by atoms with E-state index in [4.69, 9.17) is 9.47 Å². The van der Waals surface area contributed by atoms with Crippen molar-refractivity contribution in [2.45, 2.75) is 0 Å². The highest BCUT2D eigenvalue weighted by atomic mass is 32.1. The molecule has 3 heteroatoms. The maximum absolute atomic E-state index is 5.34. The van der Waals surface area contributed by atoms with Crippen LogP contribution in [0, 0.1) is 0 Å². The average Bonchev–Trinajstić information content (AvgIpc) is 2.56. The van der Waals surface area contributed by atoms with Crippen LogP contribution in [0.1, 0.15) is 11.1 Å². The van der Waals surface area contributed by atoms with Crippen LogP contribution in [0.15, 0.2) is 60.7 Å². The number of ether oxygens (including phenoxy) is 2. The Hall–Kier alpha value is -2.13. The van der Waals surface area contributed by atoms with E-state index in [1.54, 1.807) is 0 Å². The van der Waals surface area contributed by atoms with E-state index in [0.717, 1.165) is 11.5 Å². The van der Waals surface area contributed by atoms with Gasteiger partial charge >= 0.3 is 0 Å². The lowest BCUT2D eigenvalue weighted by atomic mass is 10.1. The predicted molar refractivity (Wildman–Crippen MR) is 92.3 cm³/mol. The Balaban J connectivity index is 0.000000147. The van der Waals surface area contributed by atoms with Crippen molar-refractivity contribution in [2.24, 2.45) is 0 Å². The Morgan fingerprint density at radius 3 is 1.48 bits per heavy atom. The summed E-state index contributed by atoms with van der Waals surface area (Å²) in [4.78, 5) is 0. The molecule has 2 aliphatic rings. The van der Waals surface area contributed by atoms with Gasteiger partial charge in [-0.25, -0.2) is 0 Å². The summed E-state index contributed by atoms with van der Waals surface area (Å²) in [5, 5.41) is 0. The molecule has 0 spiro atoms. The first-order valence-corrected chi connectivity index (χ1v) is 6.70. The second-order valence-electron chi connectivity index (χ2n) is 4.50. The van der Waals surface area contributed by atoms with Crippen LogP contribution >= 0.6 is 13.5 Å². The number of para-hydroxylation sites is 2. The lowest BCUT2D eigenvalue weighted by Crippen LogP contribution is -1.98. The molecule has 2 heterocycles. The molecule has 0 aliphatic carbocycles. The molecule has 108 valence electrons. The predicted octanol–water partition coefficient (Wildman–Crippen LogP) is 4.30. The third kappa shape index (κ3) is 3.92. The molecule has 2 aromatic carbocycles. The first-order valence-electron chi connectivity index (χ1n) is 6.70. The van der Waals surface area contributed by atoms with Crippen LogP contribution in [0.25, 0.3) is 12.2 Å². The van der Waals surface area contributed by atoms with Crippen molar-refractivity contribution in [3.63, 3.8) is 0 Å². The molecule has 2 aliphatic heterocycles. The van der Waals surface area contributed by atoms with Gasteiger partial charge < -0.3 is 9.47 Å². The van der Waals surface area contributed by atoms with Crippen molar-refractivity contribution < 1.29 is 9.47 Å². The first kappa shape index (κ1) is 15.3. The number of hydrogen-bond acceptors (Lipinski definition) is 2. The number of benzene rings is 2. The van der Waals surface area contributed by atoms with Crippen molar-refractivity contribution >= 4 is 25.6 Å². The zero-order valence-electron chi connectivity index (χ0n) is 11.7. The van der Waals surface area contributed by atoms with Crippen LogP contribution in [0.5, 0.6) is 11.5 Å². The molecule has 0 saturated heterocycles. The van der Waals surface area contributed by atoms with E-state index in [1.807, 2.05) is 60.7 Å². The van der Waals surface area contributed by atoms with Crippen molar-refractivity contribution in [1.29, 1.82) is 0 Å². The van der Waals surface area contributed by atoms with E-state index in [9.17, 15) is 0 Å². The molecule has 2 nitrogen and oxygen atoms in total. The second-order valence-corrected chi connectivity index (χ2v) is 4.50. The minimum absolute atomic E-state index is 0. The van der Waals surface area contributed by atoms with Crippen molar-refractivity contribution in [1.82, 2.24) is 0 Å². The summed E-state index contributed by atoms with van der Waals surface area (Å²) >= 11 is 0. The van der Waals surface area contributed by atoms with Gasteiger partial charge in [-0.2, -0.15) is 13.5 Å². The zero-order valence-corrected chi connectivity index (χ0v) is 12.7. The van der Waals surface area contributed by atoms with Gasteiger partial charge in [-0.3, -0.25) is 0 Å². The lowest BCUT2D eigenvalue weighted by molar-refractivity contribution is 0.358. The summed E-state index contributed by atoms with van der Waals surface area (Å²) in [7, 11) is 0. The van der Waals surface area contributed by atoms with Crippen molar-refractivity contribution in [3.05, 3.63) is 71.8 Å². The van der Waals surface area contributed by atoms with Gasteiger partial charge in [-0.1, -0.05) is 48.6 Å². The SMILES string of the molecule is C1=Cc2ccccc2OC1.C1=Cc2ccccc2OC1.S. The molecule has 0 aromatic heterocycles. The summed E-state index contributed by atoms with van der Waals surface area (Å²) in [6, 6.07) is 16.1. The van der Waals surface area contributed by atoms with E-state index >= 15 is 0 Å². The zero-order chi connectivity index (χ0) is 13.6. The van der Waals surface area contributed by atoms with Crippen LogP contribution < -0.4 is 9.47 Å². The van der Waals surface area contributed by atoms with Crippen LogP contribution in [0.4, 0.5) is 0 Å². The highest BCUT2D eigenvalue weighted by molar-refractivity contribution is 7.59. The van der Waals surface area contributed by atoms with E-state index in [2.05, 4.69) is 12.2 Å². The fraction of sp³-hybridized carbons (Fsp3) is 0.111. The molecular formula is C18H18O2S.